The molecule has 0 aliphatic heterocycles. The lowest BCUT2D eigenvalue weighted by molar-refractivity contribution is 0.0692. The Hall–Kier alpha value is -2.57. The van der Waals surface area contributed by atoms with Crippen molar-refractivity contribution in [3.05, 3.63) is 59.5 Å². The van der Waals surface area contributed by atoms with Crippen LogP contribution in [0.3, 0.4) is 0 Å². The first-order valence-corrected chi connectivity index (χ1v) is 7.59. The Bertz CT molecular complexity index is 864. The molecule has 7 heteroatoms. The standard InChI is InChI=1S/C18H18N2O4.ClH/c1-11-20-15-8-14(18(21)22)16(9-17(15)24-11)23-10-13(19)7-12-5-3-2-4-6-12;/h2-6,8-9,13H,7,10,19H2,1H3,(H,21,22);1H/t13-;/m1./s1. The van der Waals surface area contributed by atoms with Crippen LogP contribution in [-0.4, -0.2) is 28.7 Å². The lowest BCUT2D eigenvalue weighted by atomic mass is 10.1. The molecular formula is C18H19ClN2O4. The topological polar surface area (TPSA) is 98.6 Å². The number of carboxylic acid groups (broad SMARTS) is 1. The molecule has 0 amide bonds. The summed E-state index contributed by atoms with van der Waals surface area (Å²) in [6, 6.07) is 12.6. The van der Waals surface area contributed by atoms with Crippen molar-refractivity contribution in [1.82, 2.24) is 4.98 Å². The fraction of sp³-hybridized carbons (Fsp3) is 0.222. The van der Waals surface area contributed by atoms with E-state index in [2.05, 4.69) is 4.98 Å². The van der Waals surface area contributed by atoms with E-state index in [9.17, 15) is 9.90 Å². The van der Waals surface area contributed by atoms with Gasteiger partial charge in [-0.15, -0.1) is 12.4 Å². The Kier molecular flexibility index (Phi) is 6.01. The van der Waals surface area contributed by atoms with E-state index in [1.54, 1.807) is 13.0 Å². The van der Waals surface area contributed by atoms with Crippen molar-refractivity contribution >= 4 is 29.5 Å². The average Bonchev–Trinajstić information content (AvgIpc) is 2.91. The van der Waals surface area contributed by atoms with Gasteiger partial charge in [0, 0.05) is 19.0 Å². The molecule has 2 aromatic carbocycles. The molecule has 1 atom stereocenters. The third-order valence-corrected chi connectivity index (χ3v) is 3.62. The number of aromatic nitrogens is 1. The second kappa shape index (κ2) is 8.00. The number of oxazole rings is 1. The summed E-state index contributed by atoms with van der Waals surface area (Å²) in [5.41, 5.74) is 8.22. The van der Waals surface area contributed by atoms with E-state index < -0.39 is 5.97 Å². The number of ether oxygens (including phenoxy) is 1. The second-order valence-corrected chi connectivity index (χ2v) is 5.61. The predicted octanol–water partition coefficient (Wildman–Crippen LogP) is 3.21. The molecule has 3 aromatic rings. The van der Waals surface area contributed by atoms with Crippen molar-refractivity contribution in [3.63, 3.8) is 0 Å². The number of fused-ring (bicyclic) bond motifs is 1. The maximum absolute atomic E-state index is 11.4. The Morgan fingerprint density at radius 2 is 2.04 bits per heavy atom. The largest absolute Gasteiger partial charge is 0.491 e. The predicted molar refractivity (Wildman–Crippen MR) is 96.6 cm³/mol. The van der Waals surface area contributed by atoms with Crippen molar-refractivity contribution < 1.29 is 19.1 Å². The highest BCUT2D eigenvalue weighted by atomic mass is 35.5. The first kappa shape index (κ1) is 18.8. The molecule has 1 heterocycles. The van der Waals surface area contributed by atoms with Gasteiger partial charge in [0.15, 0.2) is 11.5 Å². The minimum atomic E-state index is -1.08. The maximum Gasteiger partial charge on any atom is 0.339 e. The van der Waals surface area contributed by atoms with Crippen molar-refractivity contribution in [2.45, 2.75) is 19.4 Å². The molecule has 0 aliphatic carbocycles. The quantitative estimate of drug-likeness (QED) is 0.698. The summed E-state index contributed by atoms with van der Waals surface area (Å²) < 4.78 is 11.1. The van der Waals surface area contributed by atoms with Gasteiger partial charge in [-0.25, -0.2) is 9.78 Å². The van der Waals surface area contributed by atoms with E-state index in [-0.39, 0.29) is 36.4 Å². The highest BCUT2D eigenvalue weighted by molar-refractivity contribution is 5.95. The smallest absolute Gasteiger partial charge is 0.339 e. The van der Waals surface area contributed by atoms with E-state index >= 15 is 0 Å². The third-order valence-electron chi connectivity index (χ3n) is 3.62. The first-order valence-electron chi connectivity index (χ1n) is 7.59. The van der Waals surface area contributed by atoms with Crippen molar-refractivity contribution in [3.8, 4) is 5.75 Å². The van der Waals surface area contributed by atoms with E-state index in [1.165, 1.54) is 6.07 Å². The van der Waals surface area contributed by atoms with Crippen LogP contribution in [0.4, 0.5) is 0 Å². The molecule has 0 saturated heterocycles. The van der Waals surface area contributed by atoms with E-state index in [0.29, 0.717) is 23.4 Å². The number of aromatic carboxylic acids is 1. The molecule has 0 radical (unpaired) electrons. The van der Waals surface area contributed by atoms with Crippen molar-refractivity contribution in [2.24, 2.45) is 5.73 Å². The average molecular weight is 363 g/mol. The lowest BCUT2D eigenvalue weighted by Crippen LogP contribution is -2.30. The zero-order chi connectivity index (χ0) is 17.1. The third kappa shape index (κ3) is 4.49. The Labute approximate surface area is 151 Å². The Morgan fingerprint density at radius 1 is 1.32 bits per heavy atom. The monoisotopic (exact) mass is 362 g/mol. The van der Waals surface area contributed by atoms with Gasteiger partial charge in [-0.1, -0.05) is 30.3 Å². The van der Waals surface area contributed by atoms with Crippen LogP contribution in [0.25, 0.3) is 11.1 Å². The number of carboxylic acids is 1. The van der Waals surface area contributed by atoms with Crippen molar-refractivity contribution in [1.29, 1.82) is 0 Å². The molecule has 6 nitrogen and oxygen atoms in total. The number of hydrogen-bond donors (Lipinski definition) is 2. The van der Waals surface area contributed by atoms with Gasteiger partial charge in [0.25, 0.3) is 0 Å². The minimum Gasteiger partial charge on any atom is -0.491 e. The van der Waals surface area contributed by atoms with E-state index in [0.717, 1.165) is 5.56 Å². The zero-order valence-electron chi connectivity index (χ0n) is 13.6. The molecule has 0 spiro atoms. The van der Waals surface area contributed by atoms with Gasteiger partial charge in [0.2, 0.25) is 0 Å². The highest BCUT2D eigenvalue weighted by Crippen LogP contribution is 2.27. The molecule has 0 bridgehead atoms. The Morgan fingerprint density at radius 3 is 2.72 bits per heavy atom. The van der Waals surface area contributed by atoms with E-state index in [1.807, 2.05) is 30.3 Å². The number of hydrogen-bond acceptors (Lipinski definition) is 5. The molecule has 132 valence electrons. The van der Waals surface area contributed by atoms with Crippen LogP contribution in [0.2, 0.25) is 0 Å². The molecule has 3 rings (SSSR count). The van der Waals surface area contributed by atoms with Crippen LogP contribution in [0.15, 0.2) is 46.9 Å². The summed E-state index contributed by atoms with van der Waals surface area (Å²) in [4.78, 5) is 15.6. The molecule has 0 aliphatic rings. The van der Waals surface area contributed by atoms with Gasteiger partial charge in [-0.3, -0.25) is 0 Å². The number of nitrogens with two attached hydrogens (primary N) is 1. The summed E-state index contributed by atoms with van der Waals surface area (Å²) in [7, 11) is 0. The summed E-state index contributed by atoms with van der Waals surface area (Å²) >= 11 is 0. The molecular weight excluding hydrogens is 344 g/mol. The lowest BCUT2D eigenvalue weighted by Gasteiger charge is -2.14. The number of carbonyl (C=O) groups is 1. The maximum atomic E-state index is 11.4. The molecule has 25 heavy (non-hydrogen) atoms. The van der Waals surface area contributed by atoms with Gasteiger partial charge in [-0.05, 0) is 18.1 Å². The summed E-state index contributed by atoms with van der Waals surface area (Å²) in [6.45, 7) is 1.91. The normalized spacial score (nSPS) is 11.8. The number of aryl methyl sites for hydroxylation is 1. The van der Waals surface area contributed by atoms with Gasteiger partial charge >= 0.3 is 5.97 Å². The van der Waals surface area contributed by atoms with Crippen LogP contribution in [0.1, 0.15) is 21.8 Å². The minimum absolute atomic E-state index is 0. The summed E-state index contributed by atoms with van der Waals surface area (Å²) in [5, 5.41) is 9.36. The second-order valence-electron chi connectivity index (χ2n) is 5.61. The number of halogens is 1. The zero-order valence-corrected chi connectivity index (χ0v) is 14.5. The SMILES string of the molecule is Cc1nc2cc(C(=O)O)c(OC[C@H](N)Cc3ccccc3)cc2o1.Cl. The van der Waals surface area contributed by atoms with Crippen LogP contribution < -0.4 is 10.5 Å². The van der Waals surface area contributed by atoms with Gasteiger partial charge in [0.1, 0.15) is 23.4 Å². The van der Waals surface area contributed by atoms with Gasteiger partial charge < -0.3 is 20.0 Å². The number of rotatable bonds is 6. The van der Waals surface area contributed by atoms with Crippen LogP contribution in [-0.2, 0) is 6.42 Å². The van der Waals surface area contributed by atoms with Crippen LogP contribution in [0.5, 0.6) is 5.75 Å². The fourth-order valence-corrected chi connectivity index (χ4v) is 2.53. The van der Waals surface area contributed by atoms with Crippen molar-refractivity contribution in [2.75, 3.05) is 6.61 Å². The molecule has 0 unspecified atom stereocenters. The number of benzene rings is 2. The number of nitrogens with zero attached hydrogens (tertiary/aromatic N) is 1. The van der Waals surface area contributed by atoms with Gasteiger partial charge in [-0.2, -0.15) is 0 Å². The van der Waals surface area contributed by atoms with Gasteiger partial charge in [0.05, 0.1) is 0 Å². The van der Waals surface area contributed by atoms with Crippen LogP contribution >= 0.6 is 12.4 Å². The Balaban J connectivity index is 0.00000225. The fourth-order valence-electron chi connectivity index (χ4n) is 2.53. The highest BCUT2D eigenvalue weighted by Gasteiger charge is 2.17. The van der Waals surface area contributed by atoms with E-state index in [4.69, 9.17) is 14.9 Å². The molecule has 0 fully saturated rings. The molecule has 3 N–H and O–H groups in total. The summed E-state index contributed by atoms with van der Waals surface area (Å²) in [5.74, 6) is -0.377. The summed E-state index contributed by atoms with van der Waals surface area (Å²) in [6.07, 6.45) is 0.646. The molecule has 0 saturated carbocycles. The first-order chi connectivity index (χ1) is 11.5. The molecule has 1 aromatic heterocycles. The van der Waals surface area contributed by atoms with Crippen LogP contribution in [0, 0.1) is 6.92 Å².